The second-order valence-electron chi connectivity index (χ2n) is 6.18. The van der Waals surface area contributed by atoms with Gasteiger partial charge < -0.3 is 14.9 Å². The molecule has 0 aliphatic carbocycles. The minimum absolute atomic E-state index is 0.153. The summed E-state index contributed by atoms with van der Waals surface area (Å²) >= 11 is 0. The molecule has 0 bridgehead atoms. The maximum atomic E-state index is 11.4. The summed E-state index contributed by atoms with van der Waals surface area (Å²) in [6.07, 6.45) is 20.6. The van der Waals surface area contributed by atoms with E-state index in [4.69, 9.17) is 10.2 Å². The Kier molecular flexibility index (Phi) is 16.9. The van der Waals surface area contributed by atoms with Crippen LogP contribution in [0.2, 0.25) is 0 Å². The highest BCUT2D eigenvalue weighted by Crippen LogP contribution is 2.08. The molecule has 0 saturated carbocycles. The standard InChI is InChI=1S/C21H34O5/c1-2-3-4-5-6-7-8-9-10-11-12-13-14-15-16-17-20(24)26-21(25)19(23)18-22/h5-10,19,22-23H,2-4,11-18H2,1H3. The molecule has 0 aromatic carbocycles. The Morgan fingerprint density at radius 2 is 1.46 bits per heavy atom. The molecule has 5 heteroatoms. The van der Waals surface area contributed by atoms with Gasteiger partial charge in [0, 0.05) is 6.42 Å². The molecule has 0 heterocycles. The maximum Gasteiger partial charge on any atom is 0.345 e. The highest BCUT2D eigenvalue weighted by molar-refractivity contribution is 5.87. The van der Waals surface area contributed by atoms with Gasteiger partial charge >= 0.3 is 11.9 Å². The monoisotopic (exact) mass is 366 g/mol. The number of hydrogen-bond donors (Lipinski definition) is 2. The van der Waals surface area contributed by atoms with Gasteiger partial charge in [-0.05, 0) is 25.7 Å². The van der Waals surface area contributed by atoms with E-state index in [9.17, 15) is 9.59 Å². The first-order valence-corrected chi connectivity index (χ1v) is 9.63. The highest BCUT2D eigenvalue weighted by Gasteiger charge is 2.18. The van der Waals surface area contributed by atoms with E-state index in [0.717, 1.165) is 38.5 Å². The fourth-order valence-corrected chi connectivity index (χ4v) is 2.17. The Bertz CT molecular complexity index is 451. The largest absolute Gasteiger partial charge is 0.393 e. The van der Waals surface area contributed by atoms with Crippen molar-refractivity contribution in [3.8, 4) is 0 Å². The van der Waals surface area contributed by atoms with Crippen molar-refractivity contribution in [1.82, 2.24) is 0 Å². The second-order valence-corrected chi connectivity index (χ2v) is 6.18. The van der Waals surface area contributed by atoms with E-state index in [2.05, 4.69) is 42.0 Å². The average molecular weight is 366 g/mol. The number of allylic oxidation sites excluding steroid dienone is 6. The summed E-state index contributed by atoms with van der Waals surface area (Å²) in [5.74, 6) is -1.74. The van der Waals surface area contributed by atoms with Crippen molar-refractivity contribution in [2.24, 2.45) is 0 Å². The van der Waals surface area contributed by atoms with E-state index in [1.807, 2.05) is 6.08 Å². The van der Waals surface area contributed by atoms with Crippen LogP contribution < -0.4 is 0 Å². The fourth-order valence-electron chi connectivity index (χ4n) is 2.17. The molecule has 0 spiro atoms. The van der Waals surface area contributed by atoms with Gasteiger partial charge in [-0.2, -0.15) is 0 Å². The van der Waals surface area contributed by atoms with E-state index in [1.165, 1.54) is 12.8 Å². The van der Waals surface area contributed by atoms with Crippen LogP contribution in [0.5, 0.6) is 0 Å². The topological polar surface area (TPSA) is 83.8 Å². The van der Waals surface area contributed by atoms with Gasteiger partial charge in [0.25, 0.3) is 0 Å². The lowest BCUT2D eigenvalue weighted by Crippen LogP contribution is -2.28. The molecule has 0 aliphatic heterocycles. The van der Waals surface area contributed by atoms with Crippen LogP contribution in [0.15, 0.2) is 36.5 Å². The van der Waals surface area contributed by atoms with Crippen molar-refractivity contribution >= 4 is 11.9 Å². The van der Waals surface area contributed by atoms with E-state index < -0.39 is 24.6 Å². The Morgan fingerprint density at radius 1 is 0.885 bits per heavy atom. The van der Waals surface area contributed by atoms with Crippen molar-refractivity contribution in [2.75, 3.05) is 6.61 Å². The predicted octanol–water partition coefficient (Wildman–Crippen LogP) is 4.00. The number of aliphatic hydroxyl groups excluding tert-OH is 2. The molecule has 1 unspecified atom stereocenters. The van der Waals surface area contributed by atoms with Gasteiger partial charge in [0.1, 0.15) is 0 Å². The van der Waals surface area contributed by atoms with Crippen LogP contribution in [-0.2, 0) is 14.3 Å². The summed E-state index contributed by atoms with van der Waals surface area (Å²) in [5.41, 5.74) is 0. The molecule has 148 valence electrons. The molecule has 0 aromatic heterocycles. The van der Waals surface area contributed by atoms with E-state index in [0.29, 0.717) is 6.42 Å². The third-order valence-electron chi connectivity index (χ3n) is 3.74. The molecule has 1 atom stereocenters. The summed E-state index contributed by atoms with van der Waals surface area (Å²) < 4.78 is 4.41. The van der Waals surface area contributed by atoms with Crippen LogP contribution in [0.3, 0.4) is 0 Å². The lowest BCUT2D eigenvalue weighted by atomic mass is 10.1. The van der Waals surface area contributed by atoms with Crippen LogP contribution in [0.4, 0.5) is 0 Å². The van der Waals surface area contributed by atoms with E-state index >= 15 is 0 Å². The molecular weight excluding hydrogens is 332 g/mol. The molecule has 5 nitrogen and oxygen atoms in total. The molecule has 0 amide bonds. The minimum Gasteiger partial charge on any atom is -0.393 e. The van der Waals surface area contributed by atoms with E-state index in [1.54, 1.807) is 0 Å². The van der Waals surface area contributed by atoms with Gasteiger partial charge in [-0.15, -0.1) is 0 Å². The molecule has 2 N–H and O–H groups in total. The Labute approximate surface area is 157 Å². The van der Waals surface area contributed by atoms with Crippen LogP contribution in [-0.4, -0.2) is 34.9 Å². The highest BCUT2D eigenvalue weighted by atomic mass is 16.6. The number of carbonyl (C=O) groups is 2. The molecule has 0 fully saturated rings. The van der Waals surface area contributed by atoms with Crippen LogP contribution in [0.1, 0.15) is 71.1 Å². The molecule has 0 rings (SSSR count). The van der Waals surface area contributed by atoms with Crippen LogP contribution >= 0.6 is 0 Å². The SMILES string of the molecule is CCCCC=CC=CC=CCCCCCCCC(=O)OC(=O)C(O)CO. The third kappa shape index (κ3) is 15.8. The fraction of sp³-hybridized carbons (Fsp3) is 0.619. The number of esters is 2. The maximum absolute atomic E-state index is 11.4. The zero-order valence-electron chi connectivity index (χ0n) is 15.9. The number of unbranched alkanes of at least 4 members (excludes halogenated alkanes) is 7. The molecule has 0 radical (unpaired) electrons. The van der Waals surface area contributed by atoms with Crippen molar-refractivity contribution in [3.05, 3.63) is 36.5 Å². The van der Waals surface area contributed by atoms with Gasteiger partial charge in [0.15, 0.2) is 6.10 Å². The smallest absolute Gasteiger partial charge is 0.345 e. The van der Waals surface area contributed by atoms with Crippen molar-refractivity contribution in [3.63, 3.8) is 0 Å². The summed E-state index contributed by atoms with van der Waals surface area (Å²) in [6, 6.07) is 0. The zero-order valence-corrected chi connectivity index (χ0v) is 15.9. The first-order valence-electron chi connectivity index (χ1n) is 9.63. The molecular formula is C21H34O5. The number of rotatable bonds is 15. The van der Waals surface area contributed by atoms with Gasteiger partial charge in [0.05, 0.1) is 6.61 Å². The average Bonchev–Trinajstić information content (AvgIpc) is 2.64. The van der Waals surface area contributed by atoms with Gasteiger partial charge in [-0.1, -0.05) is 75.5 Å². The Balaban J connectivity index is 3.49. The summed E-state index contributed by atoms with van der Waals surface area (Å²) in [7, 11) is 0. The lowest BCUT2D eigenvalue weighted by Gasteiger charge is -2.06. The summed E-state index contributed by atoms with van der Waals surface area (Å²) in [6.45, 7) is 1.45. The first-order chi connectivity index (χ1) is 12.6. The number of carbonyl (C=O) groups excluding carboxylic acids is 2. The second kappa shape index (κ2) is 18.1. The van der Waals surface area contributed by atoms with Crippen molar-refractivity contribution in [2.45, 2.75) is 77.2 Å². The van der Waals surface area contributed by atoms with Crippen molar-refractivity contribution < 1.29 is 24.5 Å². The molecule has 0 aromatic rings. The Hall–Kier alpha value is -1.72. The summed E-state index contributed by atoms with van der Waals surface area (Å²) in [5, 5.41) is 17.6. The van der Waals surface area contributed by atoms with Crippen LogP contribution in [0.25, 0.3) is 0 Å². The molecule has 0 aliphatic rings. The number of aliphatic hydroxyl groups is 2. The predicted molar refractivity (Wildman–Crippen MR) is 103 cm³/mol. The minimum atomic E-state index is -1.64. The molecule has 26 heavy (non-hydrogen) atoms. The van der Waals surface area contributed by atoms with Crippen molar-refractivity contribution in [1.29, 1.82) is 0 Å². The Morgan fingerprint density at radius 3 is 2.08 bits per heavy atom. The third-order valence-corrected chi connectivity index (χ3v) is 3.74. The number of ether oxygens (including phenoxy) is 1. The first kappa shape index (κ1) is 24.3. The zero-order chi connectivity index (χ0) is 19.5. The quantitative estimate of drug-likeness (QED) is 0.198. The molecule has 0 saturated heterocycles. The number of hydrogen-bond acceptors (Lipinski definition) is 5. The van der Waals surface area contributed by atoms with Crippen LogP contribution in [0, 0.1) is 0 Å². The summed E-state index contributed by atoms with van der Waals surface area (Å²) in [4.78, 5) is 22.4. The van der Waals surface area contributed by atoms with Gasteiger partial charge in [0.2, 0.25) is 0 Å². The van der Waals surface area contributed by atoms with Gasteiger partial charge in [-0.3, -0.25) is 4.79 Å². The van der Waals surface area contributed by atoms with E-state index in [-0.39, 0.29) is 6.42 Å². The van der Waals surface area contributed by atoms with Gasteiger partial charge in [-0.25, -0.2) is 4.79 Å². The lowest BCUT2D eigenvalue weighted by molar-refractivity contribution is -0.167. The normalized spacial score (nSPS) is 13.0.